The summed E-state index contributed by atoms with van der Waals surface area (Å²) in [5.41, 5.74) is 0.124. The molecule has 1 N–H and O–H groups in total. The molecule has 1 aliphatic heterocycles. The van der Waals surface area contributed by atoms with Crippen LogP contribution in [0.4, 0.5) is 0 Å². The number of rotatable bonds is 0. The molecule has 2 rings (SSSR count). The van der Waals surface area contributed by atoms with Crippen LogP contribution in [-0.2, 0) is 4.79 Å². The number of carbonyl (C=O) groups is 1. The van der Waals surface area contributed by atoms with Gasteiger partial charge in [-0.2, -0.15) is 0 Å². The van der Waals surface area contributed by atoms with Crippen LogP contribution in [0.1, 0.15) is 33.6 Å². The quantitative estimate of drug-likeness (QED) is 0.528. The van der Waals surface area contributed by atoms with Gasteiger partial charge in [0.15, 0.2) is 0 Å². The van der Waals surface area contributed by atoms with Crippen molar-refractivity contribution in [1.29, 1.82) is 0 Å². The van der Waals surface area contributed by atoms with E-state index in [2.05, 4.69) is 12.2 Å². The van der Waals surface area contributed by atoms with Crippen molar-refractivity contribution in [3.8, 4) is 0 Å². The second-order valence-electron chi connectivity index (χ2n) is 3.48. The fourth-order valence-electron chi connectivity index (χ4n) is 2.01. The second kappa shape index (κ2) is 2.84. The lowest BCUT2D eigenvalue weighted by Crippen LogP contribution is -2.64. The van der Waals surface area contributed by atoms with Gasteiger partial charge in [0, 0.05) is 6.54 Å². The first-order valence-corrected chi connectivity index (χ1v) is 4.51. The zero-order valence-electron chi connectivity index (χ0n) is 7.61. The van der Waals surface area contributed by atoms with Crippen molar-refractivity contribution in [2.45, 2.75) is 33.6 Å². The molecule has 1 aliphatic carbocycles. The van der Waals surface area contributed by atoms with E-state index in [-0.39, 0.29) is 5.41 Å². The van der Waals surface area contributed by atoms with Crippen molar-refractivity contribution in [3.63, 3.8) is 0 Å². The molecule has 2 nitrogen and oxygen atoms in total. The van der Waals surface area contributed by atoms with Gasteiger partial charge in [-0.25, -0.2) is 0 Å². The zero-order chi connectivity index (χ0) is 8.48. The normalized spacial score (nSPS) is 39.5. The molecule has 1 amide bonds. The highest BCUT2D eigenvalue weighted by Crippen LogP contribution is 2.48. The predicted molar refractivity (Wildman–Crippen MR) is 45.2 cm³/mol. The van der Waals surface area contributed by atoms with Gasteiger partial charge in [0.05, 0.1) is 5.41 Å². The monoisotopic (exact) mass is 155 g/mol. The summed E-state index contributed by atoms with van der Waals surface area (Å²) in [4.78, 5) is 10.9. The van der Waals surface area contributed by atoms with Gasteiger partial charge in [0.2, 0.25) is 5.91 Å². The molecule has 0 aromatic carbocycles. The first kappa shape index (κ1) is 8.57. The highest BCUT2D eigenvalue weighted by molar-refractivity contribution is 5.89. The van der Waals surface area contributed by atoms with Gasteiger partial charge in [-0.3, -0.25) is 4.79 Å². The molecule has 1 heterocycles. The van der Waals surface area contributed by atoms with E-state index in [1.807, 2.05) is 13.8 Å². The number of amides is 1. The minimum Gasteiger partial charge on any atom is -0.354 e. The molecular weight excluding hydrogens is 138 g/mol. The fourth-order valence-corrected chi connectivity index (χ4v) is 2.01. The lowest BCUT2D eigenvalue weighted by molar-refractivity contribution is -0.150. The van der Waals surface area contributed by atoms with Crippen molar-refractivity contribution < 1.29 is 4.79 Å². The average Bonchev–Trinajstić information content (AvgIpc) is 1.99. The molecule has 0 unspecified atom stereocenters. The van der Waals surface area contributed by atoms with Gasteiger partial charge in [0.1, 0.15) is 0 Å². The Morgan fingerprint density at radius 3 is 2.09 bits per heavy atom. The third kappa shape index (κ3) is 1.15. The average molecular weight is 155 g/mol. The zero-order valence-corrected chi connectivity index (χ0v) is 7.61. The van der Waals surface area contributed by atoms with Crippen LogP contribution >= 0.6 is 0 Å². The highest BCUT2D eigenvalue weighted by Gasteiger charge is 2.53. The van der Waals surface area contributed by atoms with Crippen LogP contribution in [0.3, 0.4) is 0 Å². The molecule has 11 heavy (non-hydrogen) atoms. The summed E-state index contributed by atoms with van der Waals surface area (Å²) in [6.07, 6.45) is 2.25. The van der Waals surface area contributed by atoms with E-state index < -0.39 is 0 Å². The third-order valence-electron chi connectivity index (χ3n) is 2.55. The van der Waals surface area contributed by atoms with E-state index in [1.165, 1.54) is 0 Å². The molecular formula is C9H17NO. The van der Waals surface area contributed by atoms with Crippen molar-refractivity contribution in [3.05, 3.63) is 0 Å². The number of nitrogens with one attached hydrogen (secondary N) is 1. The lowest BCUT2D eigenvalue weighted by Gasteiger charge is -2.51. The first-order chi connectivity index (χ1) is 5.23. The maximum atomic E-state index is 10.9. The van der Waals surface area contributed by atoms with E-state index in [4.69, 9.17) is 0 Å². The molecule has 0 atom stereocenters. The van der Waals surface area contributed by atoms with Crippen LogP contribution in [-0.4, -0.2) is 12.5 Å². The van der Waals surface area contributed by atoms with Gasteiger partial charge in [0.25, 0.3) is 0 Å². The summed E-state index contributed by atoms with van der Waals surface area (Å²) in [5.74, 6) is 1.08. The van der Waals surface area contributed by atoms with Gasteiger partial charge < -0.3 is 5.32 Å². The maximum Gasteiger partial charge on any atom is 0.228 e. The SMILES string of the molecule is CC.CC1CC2(CNC2=O)C1. The van der Waals surface area contributed by atoms with Crippen LogP contribution in [0.25, 0.3) is 0 Å². The van der Waals surface area contributed by atoms with E-state index in [0.717, 1.165) is 25.3 Å². The van der Waals surface area contributed by atoms with Gasteiger partial charge in [-0.05, 0) is 18.8 Å². The number of β-lactam (4-membered cyclic amide) rings is 1. The van der Waals surface area contributed by atoms with Crippen LogP contribution in [0.2, 0.25) is 0 Å². The van der Waals surface area contributed by atoms with E-state index in [9.17, 15) is 4.79 Å². The largest absolute Gasteiger partial charge is 0.354 e. The van der Waals surface area contributed by atoms with Crippen LogP contribution < -0.4 is 5.32 Å². The van der Waals surface area contributed by atoms with Crippen molar-refractivity contribution in [2.24, 2.45) is 11.3 Å². The van der Waals surface area contributed by atoms with Gasteiger partial charge in [-0.15, -0.1) is 0 Å². The molecule has 1 spiro atoms. The molecule has 0 radical (unpaired) electrons. The molecule has 1 saturated heterocycles. The fraction of sp³-hybridized carbons (Fsp3) is 0.889. The number of hydrogen-bond donors (Lipinski definition) is 1. The van der Waals surface area contributed by atoms with Crippen LogP contribution in [0.15, 0.2) is 0 Å². The highest BCUT2D eigenvalue weighted by atomic mass is 16.2. The smallest absolute Gasteiger partial charge is 0.228 e. The molecule has 2 aliphatic rings. The Balaban J connectivity index is 0.000000281. The predicted octanol–water partition coefficient (Wildman–Crippen LogP) is 1.56. The van der Waals surface area contributed by atoms with E-state index in [0.29, 0.717) is 5.91 Å². The summed E-state index contributed by atoms with van der Waals surface area (Å²) in [7, 11) is 0. The molecule has 0 aromatic heterocycles. The Labute approximate surface area is 68.4 Å². The molecule has 2 fully saturated rings. The van der Waals surface area contributed by atoms with Crippen molar-refractivity contribution in [1.82, 2.24) is 5.32 Å². The Morgan fingerprint density at radius 1 is 1.45 bits per heavy atom. The minimum atomic E-state index is 0.124. The lowest BCUT2D eigenvalue weighted by atomic mass is 9.59. The Morgan fingerprint density at radius 2 is 2.00 bits per heavy atom. The molecule has 1 saturated carbocycles. The summed E-state index contributed by atoms with van der Waals surface area (Å²) in [5, 5.41) is 2.78. The van der Waals surface area contributed by atoms with Crippen LogP contribution in [0.5, 0.6) is 0 Å². The summed E-state index contributed by atoms with van der Waals surface area (Å²) in [6.45, 7) is 7.15. The van der Waals surface area contributed by atoms with Crippen molar-refractivity contribution in [2.75, 3.05) is 6.54 Å². The van der Waals surface area contributed by atoms with Crippen molar-refractivity contribution >= 4 is 5.91 Å². The second-order valence-corrected chi connectivity index (χ2v) is 3.48. The molecule has 0 aromatic rings. The topological polar surface area (TPSA) is 29.1 Å². The molecule has 0 bridgehead atoms. The molecule has 2 heteroatoms. The van der Waals surface area contributed by atoms with Gasteiger partial charge >= 0.3 is 0 Å². The maximum absolute atomic E-state index is 10.9. The van der Waals surface area contributed by atoms with Crippen LogP contribution in [0, 0.1) is 11.3 Å². The Hall–Kier alpha value is -0.530. The summed E-state index contributed by atoms with van der Waals surface area (Å²) < 4.78 is 0. The Kier molecular flexibility index (Phi) is 2.21. The summed E-state index contributed by atoms with van der Waals surface area (Å²) >= 11 is 0. The summed E-state index contributed by atoms with van der Waals surface area (Å²) in [6, 6.07) is 0. The number of hydrogen-bond acceptors (Lipinski definition) is 1. The molecule has 64 valence electrons. The first-order valence-electron chi connectivity index (χ1n) is 4.51. The standard InChI is InChI=1S/C7H11NO.C2H6/c1-5-2-7(3-5)4-8-6(7)9;1-2/h5H,2-4H2,1H3,(H,8,9);1-2H3. The van der Waals surface area contributed by atoms with E-state index >= 15 is 0 Å². The minimum absolute atomic E-state index is 0.124. The Bertz CT molecular complexity index is 159. The van der Waals surface area contributed by atoms with E-state index in [1.54, 1.807) is 0 Å². The third-order valence-corrected chi connectivity index (χ3v) is 2.55. The number of carbonyl (C=O) groups excluding carboxylic acids is 1. The van der Waals surface area contributed by atoms with Gasteiger partial charge in [-0.1, -0.05) is 20.8 Å².